The minimum atomic E-state index is -0.0116. The first kappa shape index (κ1) is 18.5. The molecular formula is C20H25N3O2. The summed E-state index contributed by atoms with van der Waals surface area (Å²) in [6, 6.07) is 17.2. The van der Waals surface area contributed by atoms with E-state index in [1.165, 1.54) is 0 Å². The van der Waals surface area contributed by atoms with Crippen molar-refractivity contribution >= 4 is 23.2 Å². The van der Waals surface area contributed by atoms with Crippen molar-refractivity contribution in [2.75, 3.05) is 37.4 Å². The van der Waals surface area contributed by atoms with E-state index in [0.717, 1.165) is 16.9 Å². The first-order valence-electron chi connectivity index (χ1n) is 8.40. The van der Waals surface area contributed by atoms with Crippen LogP contribution in [0.1, 0.15) is 12.5 Å². The van der Waals surface area contributed by atoms with Gasteiger partial charge in [0, 0.05) is 32.0 Å². The van der Waals surface area contributed by atoms with Crippen molar-refractivity contribution in [2.45, 2.75) is 13.3 Å². The molecule has 2 rings (SSSR count). The van der Waals surface area contributed by atoms with E-state index in [9.17, 15) is 9.59 Å². The van der Waals surface area contributed by atoms with E-state index in [2.05, 4.69) is 5.32 Å². The number of amides is 2. The summed E-state index contributed by atoms with van der Waals surface area (Å²) in [6.45, 7) is 2.73. The van der Waals surface area contributed by atoms with Gasteiger partial charge in [0.05, 0.1) is 13.0 Å². The van der Waals surface area contributed by atoms with E-state index in [0.29, 0.717) is 13.0 Å². The topological polar surface area (TPSA) is 52.7 Å². The summed E-state index contributed by atoms with van der Waals surface area (Å²) in [6.07, 6.45) is 0.306. The van der Waals surface area contributed by atoms with E-state index >= 15 is 0 Å². The molecule has 0 fully saturated rings. The van der Waals surface area contributed by atoms with Gasteiger partial charge in [-0.2, -0.15) is 0 Å². The molecule has 2 aromatic rings. The van der Waals surface area contributed by atoms with Crippen LogP contribution in [0.2, 0.25) is 0 Å². The van der Waals surface area contributed by atoms with Gasteiger partial charge < -0.3 is 15.1 Å². The number of likely N-dealkylation sites (N-methyl/N-ethyl adjacent to an activating group) is 2. The third-order valence-electron chi connectivity index (χ3n) is 3.97. The highest BCUT2D eigenvalue weighted by Gasteiger charge is 2.15. The Morgan fingerprint density at radius 3 is 2.20 bits per heavy atom. The number of anilines is 2. The van der Waals surface area contributed by atoms with Crippen LogP contribution in [-0.4, -0.2) is 43.9 Å². The monoisotopic (exact) mass is 339 g/mol. The molecule has 0 unspecified atom stereocenters. The number of para-hydroxylation sites is 2. The van der Waals surface area contributed by atoms with E-state index in [4.69, 9.17) is 0 Å². The second-order valence-electron chi connectivity index (χ2n) is 5.95. The van der Waals surface area contributed by atoms with Crippen LogP contribution in [0.3, 0.4) is 0 Å². The Bertz CT molecular complexity index is 714. The number of rotatable bonds is 7. The van der Waals surface area contributed by atoms with Gasteiger partial charge in [0.1, 0.15) is 0 Å². The molecule has 5 nitrogen and oxygen atoms in total. The molecule has 0 saturated carbocycles. The maximum Gasteiger partial charge on any atom is 0.246 e. The van der Waals surface area contributed by atoms with Gasteiger partial charge in [-0.25, -0.2) is 0 Å². The van der Waals surface area contributed by atoms with Crippen LogP contribution < -0.4 is 10.2 Å². The summed E-state index contributed by atoms with van der Waals surface area (Å²) in [5.74, 6) is 0.0162. The molecule has 0 aliphatic carbocycles. The summed E-state index contributed by atoms with van der Waals surface area (Å²) in [4.78, 5) is 27.8. The zero-order valence-electron chi connectivity index (χ0n) is 15.0. The van der Waals surface area contributed by atoms with Crippen LogP contribution in [0, 0.1) is 0 Å². The molecular weight excluding hydrogens is 314 g/mol. The van der Waals surface area contributed by atoms with Gasteiger partial charge in [-0.05, 0) is 30.7 Å². The second-order valence-corrected chi connectivity index (χ2v) is 5.95. The van der Waals surface area contributed by atoms with Gasteiger partial charge in [0.2, 0.25) is 11.8 Å². The van der Waals surface area contributed by atoms with Crippen molar-refractivity contribution in [3.8, 4) is 0 Å². The van der Waals surface area contributed by atoms with E-state index < -0.39 is 0 Å². The molecule has 5 heteroatoms. The first-order valence-corrected chi connectivity index (χ1v) is 8.40. The van der Waals surface area contributed by atoms with Gasteiger partial charge in [-0.3, -0.25) is 9.59 Å². The highest BCUT2D eigenvalue weighted by molar-refractivity contribution is 5.96. The summed E-state index contributed by atoms with van der Waals surface area (Å²) in [7, 11) is 3.47. The van der Waals surface area contributed by atoms with Crippen LogP contribution in [0.15, 0.2) is 54.6 Å². The van der Waals surface area contributed by atoms with Gasteiger partial charge in [0.15, 0.2) is 0 Å². The molecule has 0 aliphatic rings. The molecule has 2 aromatic carbocycles. The third-order valence-corrected chi connectivity index (χ3v) is 3.97. The average molecular weight is 339 g/mol. The van der Waals surface area contributed by atoms with E-state index in [-0.39, 0.29) is 18.4 Å². The molecule has 0 spiro atoms. The highest BCUT2D eigenvalue weighted by Crippen LogP contribution is 2.17. The minimum Gasteiger partial charge on any atom is -0.376 e. The van der Waals surface area contributed by atoms with Crippen molar-refractivity contribution in [3.05, 3.63) is 60.2 Å². The van der Waals surface area contributed by atoms with Crippen molar-refractivity contribution in [1.29, 1.82) is 0 Å². The first-order chi connectivity index (χ1) is 12.0. The van der Waals surface area contributed by atoms with Gasteiger partial charge in [-0.15, -0.1) is 0 Å². The molecule has 0 bridgehead atoms. The summed E-state index contributed by atoms with van der Waals surface area (Å²) in [5, 5.41) is 3.18. The summed E-state index contributed by atoms with van der Waals surface area (Å²) in [5.41, 5.74) is 2.58. The Balaban J connectivity index is 2.05. The lowest BCUT2D eigenvalue weighted by Crippen LogP contribution is -2.35. The fraction of sp³-hybridized carbons (Fsp3) is 0.300. The number of benzene rings is 2. The molecule has 132 valence electrons. The zero-order valence-corrected chi connectivity index (χ0v) is 15.0. The number of hydrogen-bond acceptors (Lipinski definition) is 3. The minimum absolute atomic E-state index is 0.0116. The largest absolute Gasteiger partial charge is 0.376 e. The number of nitrogens with one attached hydrogen (secondary N) is 1. The van der Waals surface area contributed by atoms with Gasteiger partial charge >= 0.3 is 0 Å². The maximum absolute atomic E-state index is 12.6. The highest BCUT2D eigenvalue weighted by atomic mass is 16.2. The third kappa shape index (κ3) is 5.08. The fourth-order valence-electron chi connectivity index (χ4n) is 2.55. The average Bonchev–Trinajstić information content (AvgIpc) is 2.62. The van der Waals surface area contributed by atoms with Crippen LogP contribution in [0.5, 0.6) is 0 Å². The Morgan fingerprint density at radius 2 is 1.56 bits per heavy atom. The number of carbonyl (C=O) groups excluding carboxylic acids is 2. The molecule has 0 radical (unpaired) electrons. The lowest BCUT2D eigenvalue weighted by molar-refractivity contribution is -0.127. The molecule has 0 atom stereocenters. The Morgan fingerprint density at radius 1 is 0.920 bits per heavy atom. The predicted molar refractivity (Wildman–Crippen MR) is 102 cm³/mol. The normalized spacial score (nSPS) is 10.2. The lowest BCUT2D eigenvalue weighted by Gasteiger charge is -2.22. The van der Waals surface area contributed by atoms with Crippen molar-refractivity contribution < 1.29 is 9.59 Å². The quantitative estimate of drug-likeness (QED) is 0.844. The standard InChI is InChI=1S/C20H25N3O2/c1-4-23(17-11-6-5-7-12-17)20(25)15-21-18-13-9-8-10-16(18)14-19(24)22(2)3/h5-13,21H,4,14-15H2,1-3H3. The van der Waals surface area contributed by atoms with Crippen LogP contribution >= 0.6 is 0 Å². The van der Waals surface area contributed by atoms with Gasteiger partial charge in [0.25, 0.3) is 0 Å². The smallest absolute Gasteiger partial charge is 0.246 e. The zero-order chi connectivity index (χ0) is 18.2. The second kappa shape index (κ2) is 8.87. The Labute approximate surface area is 149 Å². The molecule has 0 saturated heterocycles. The molecule has 25 heavy (non-hydrogen) atoms. The SMILES string of the molecule is CCN(C(=O)CNc1ccccc1CC(=O)N(C)C)c1ccccc1. The Hall–Kier alpha value is -2.82. The fourth-order valence-corrected chi connectivity index (χ4v) is 2.55. The van der Waals surface area contributed by atoms with Crippen LogP contribution in [0.25, 0.3) is 0 Å². The molecule has 1 N–H and O–H groups in total. The molecule has 0 aromatic heterocycles. The van der Waals surface area contributed by atoms with E-state index in [1.807, 2.05) is 61.5 Å². The number of nitrogens with zero attached hydrogens (tertiary/aromatic N) is 2. The van der Waals surface area contributed by atoms with Crippen molar-refractivity contribution in [2.24, 2.45) is 0 Å². The summed E-state index contributed by atoms with van der Waals surface area (Å²) < 4.78 is 0. The molecule has 2 amide bonds. The number of carbonyl (C=O) groups is 2. The van der Waals surface area contributed by atoms with Crippen molar-refractivity contribution in [3.63, 3.8) is 0 Å². The summed E-state index contributed by atoms with van der Waals surface area (Å²) >= 11 is 0. The Kier molecular flexibility index (Phi) is 6.57. The van der Waals surface area contributed by atoms with Crippen LogP contribution in [-0.2, 0) is 16.0 Å². The predicted octanol–water partition coefficient (Wildman–Crippen LogP) is 2.78. The number of hydrogen-bond donors (Lipinski definition) is 1. The lowest BCUT2D eigenvalue weighted by atomic mass is 10.1. The molecule has 0 aliphatic heterocycles. The molecule has 0 heterocycles. The van der Waals surface area contributed by atoms with Gasteiger partial charge in [-0.1, -0.05) is 36.4 Å². The van der Waals surface area contributed by atoms with Crippen molar-refractivity contribution in [1.82, 2.24) is 4.90 Å². The van der Waals surface area contributed by atoms with Crippen LogP contribution in [0.4, 0.5) is 11.4 Å². The van der Waals surface area contributed by atoms with E-state index in [1.54, 1.807) is 23.9 Å². The maximum atomic E-state index is 12.6.